The van der Waals surface area contributed by atoms with Gasteiger partial charge in [-0.2, -0.15) is 0 Å². The van der Waals surface area contributed by atoms with Crippen LogP contribution in [0.1, 0.15) is 0 Å². The second kappa shape index (κ2) is 4.79. The van der Waals surface area contributed by atoms with Gasteiger partial charge in [-0.05, 0) is 24.3 Å². The average molecular weight is 247 g/mol. The molecule has 2 N–H and O–H groups in total. The van der Waals surface area contributed by atoms with Crippen LogP contribution in [0.25, 0.3) is 11.3 Å². The van der Waals surface area contributed by atoms with Crippen molar-refractivity contribution in [3.63, 3.8) is 0 Å². The highest BCUT2D eigenvalue weighted by Crippen LogP contribution is 2.14. The van der Waals surface area contributed by atoms with Crippen LogP contribution < -0.4 is 11.3 Å². The van der Waals surface area contributed by atoms with Crippen LogP contribution in [0.15, 0.2) is 41.5 Å². The number of nitrogens with two attached hydrogens (primary N) is 1. The lowest BCUT2D eigenvalue weighted by Crippen LogP contribution is -2.27. The topological polar surface area (TPSA) is 78.0 Å². The van der Waals surface area contributed by atoms with Crippen molar-refractivity contribution in [3.05, 3.63) is 52.8 Å². The maximum absolute atomic E-state index is 12.8. The van der Waals surface area contributed by atoms with Crippen LogP contribution in [0, 0.1) is 5.82 Å². The van der Waals surface area contributed by atoms with E-state index in [1.54, 1.807) is 0 Å². The fraction of sp³-hybridized carbons (Fsp3) is 0.0833. The summed E-state index contributed by atoms with van der Waals surface area (Å²) in [6.45, 7) is -0.213. The number of rotatable bonds is 3. The van der Waals surface area contributed by atoms with Gasteiger partial charge in [-0.1, -0.05) is 0 Å². The zero-order valence-electron chi connectivity index (χ0n) is 9.34. The summed E-state index contributed by atoms with van der Waals surface area (Å²) in [4.78, 5) is 26.4. The molecule has 1 aromatic heterocycles. The van der Waals surface area contributed by atoms with Crippen molar-refractivity contribution >= 4 is 5.91 Å². The predicted octanol–water partition coefficient (Wildman–Crippen LogP) is 0.535. The molecule has 0 bridgehead atoms. The first kappa shape index (κ1) is 12.0. The van der Waals surface area contributed by atoms with Gasteiger partial charge in [-0.3, -0.25) is 14.2 Å². The molecule has 0 saturated heterocycles. The third kappa shape index (κ3) is 2.60. The molecule has 0 aliphatic rings. The summed E-state index contributed by atoms with van der Waals surface area (Å²) in [5.41, 5.74) is 5.65. The molecule has 6 heteroatoms. The Morgan fingerprint density at radius 2 is 2.00 bits per heavy atom. The van der Waals surface area contributed by atoms with Gasteiger partial charge in [0.1, 0.15) is 12.4 Å². The van der Waals surface area contributed by atoms with E-state index in [9.17, 15) is 14.0 Å². The van der Waals surface area contributed by atoms with Crippen molar-refractivity contribution in [2.45, 2.75) is 6.54 Å². The molecule has 92 valence electrons. The number of halogens is 1. The number of aromatic nitrogens is 2. The van der Waals surface area contributed by atoms with Crippen molar-refractivity contribution in [1.29, 1.82) is 0 Å². The van der Waals surface area contributed by atoms with Crippen molar-refractivity contribution in [2.75, 3.05) is 0 Å². The highest BCUT2D eigenvalue weighted by molar-refractivity contribution is 5.73. The minimum Gasteiger partial charge on any atom is -0.368 e. The molecule has 5 nitrogen and oxygen atoms in total. The van der Waals surface area contributed by atoms with Gasteiger partial charge in [-0.25, -0.2) is 9.37 Å². The lowest BCUT2D eigenvalue weighted by atomic mass is 10.1. The highest BCUT2D eigenvalue weighted by Gasteiger charge is 2.04. The van der Waals surface area contributed by atoms with Gasteiger partial charge < -0.3 is 5.73 Å². The lowest BCUT2D eigenvalue weighted by molar-refractivity contribution is -0.118. The second-order valence-electron chi connectivity index (χ2n) is 3.71. The SMILES string of the molecule is NC(=O)Cn1cnc(-c2ccc(F)cc2)cc1=O. The van der Waals surface area contributed by atoms with Crippen LogP contribution in [0.5, 0.6) is 0 Å². The third-order valence-corrected chi connectivity index (χ3v) is 2.35. The minimum absolute atomic E-state index is 0.213. The molecule has 0 radical (unpaired) electrons. The minimum atomic E-state index is -0.617. The van der Waals surface area contributed by atoms with Gasteiger partial charge in [0.2, 0.25) is 5.91 Å². The Morgan fingerprint density at radius 3 is 2.56 bits per heavy atom. The van der Waals surface area contributed by atoms with Crippen molar-refractivity contribution in [1.82, 2.24) is 9.55 Å². The van der Waals surface area contributed by atoms with E-state index >= 15 is 0 Å². The number of hydrogen-bond acceptors (Lipinski definition) is 3. The molecule has 18 heavy (non-hydrogen) atoms. The second-order valence-corrected chi connectivity index (χ2v) is 3.71. The molecular formula is C12H10FN3O2. The maximum atomic E-state index is 12.8. The van der Waals surface area contributed by atoms with Crippen LogP contribution in [0.2, 0.25) is 0 Å². The first-order chi connectivity index (χ1) is 8.56. The third-order valence-electron chi connectivity index (χ3n) is 2.35. The van der Waals surface area contributed by atoms with Gasteiger partial charge in [0.05, 0.1) is 12.0 Å². The molecule has 0 unspecified atom stereocenters. The molecule has 0 aliphatic heterocycles. The van der Waals surface area contributed by atoms with E-state index < -0.39 is 5.91 Å². The molecule has 0 aliphatic carbocycles. The standard InChI is InChI=1S/C12H10FN3O2/c13-9-3-1-8(2-4-9)10-5-12(18)16(7-15-10)6-11(14)17/h1-5,7H,6H2,(H2,14,17). The van der Waals surface area contributed by atoms with E-state index in [-0.39, 0.29) is 17.9 Å². The summed E-state index contributed by atoms with van der Waals surface area (Å²) >= 11 is 0. The normalized spacial score (nSPS) is 10.3. The Kier molecular flexibility index (Phi) is 3.18. The molecule has 2 aromatic rings. The van der Waals surface area contributed by atoms with Crippen LogP contribution >= 0.6 is 0 Å². The maximum Gasteiger partial charge on any atom is 0.254 e. The van der Waals surface area contributed by atoms with E-state index in [0.29, 0.717) is 11.3 Å². The average Bonchev–Trinajstić information content (AvgIpc) is 2.32. The van der Waals surface area contributed by atoms with Crippen molar-refractivity contribution in [3.8, 4) is 11.3 Å². The first-order valence-corrected chi connectivity index (χ1v) is 5.17. The number of nitrogens with zero attached hydrogens (tertiary/aromatic N) is 2. The fourth-order valence-corrected chi connectivity index (χ4v) is 1.49. The van der Waals surface area contributed by atoms with Gasteiger partial charge in [0.25, 0.3) is 5.56 Å². The van der Waals surface area contributed by atoms with Gasteiger partial charge in [0.15, 0.2) is 0 Å². The van der Waals surface area contributed by atoms with E-state index in [0.717, 1.165) is 4.57 Å². The molecule has 1 amide bonds. The van der Waals surface area contributed by atoms with Crippen LogP contribution in [-0.4, -0.2) is 15.5 Å². The largest absolute Gasteiger partial charge is 0.368 e. The smallest absolute Gasteiger partial charge is 0.254 e. The summed E-state index contributed by atoms with van der Waals surface area (Å²) in [7, 11) is 0. The quantitative estimate of drug-likeness (QED) is 0.859. The summed E-state index contributed by atoms with van der Waals surface area (Å²) in [6.07, 6.45) is 1.24. The Morgan fingerprint density at radius 1 is 1.33 bits per heavy atom. The van der Waals surface area contributed by atoms with E-state index in [4.69, 9.17) is 5.73 Å². The highest BCUT2D eigenvalue weighted by atomic mass is 19.1. The van der Waals surface area contributed by atoms with E-state index in [2.05, 4.69) is 4.98 Å². The Hall–Kier alpha value is -2.50. The Balaban J connectivity index is 2.37. The summed E-state index contributed by atoms with van der Waals surface area (Å²) in [5, 5.41) is 0. The number of amides is 1. The summed E-state index contributed by atoms with van der Waals surface area (Å²) in [5.74, 6) is -0.978. The Bertz CT molecular complexity index is 635. The monoisotopic (exact) mass is 247 g/mol. The molecule has 0 spiro atoms. The van der Waals surface area contributed by atoms with Crippen LogP contribution in [-0.2, 0) is 11.3 Å². The lowest BCUT2D eigenvalue weighted by Gasteiger charge is -2.04. The number of primary amides is 1. The molecule has 0 atom stereocenters. The van der Waals surface area contributed by atoms with Crippen LogP contribution in [0.4, 0.5) is 4.39 Å². The summed E-state index contributed by atoms with van der Waals surface area (Å²) in [6, 6.07) is 6.89. The van der Waals surface area contributed by atoms with Crippen LogP contribution in [0.3, 0.4) is 0 Å². The van der Waals surface area contributed by atoms with Gasteiger partial charge in [-0.15, -0.1) is 0 Å². The van der Waals surface area contributed by atoms with Gasteiger partial charge >= 0.3 is 0 Å². The number of carbonyl (C=O) groups is 1. The predicted molar refractivity (Wildman–Crippen MR) is 63.1 cm³/mol. The number of hydrogen-bond donors (Lipinski definition) is 1. The number of benzene rings is 1. The van der Waals surface area contributed by atoms with Crippen molar-refractivity contribution in [2.24, 2.45) is 5.73 Å². The van der Waals surface area contributed by atoms with E-state index in [1.165, 1.54) is 36.7 Å². The fourth-order valence-electron chi connectivity index (χ4n) is 1.49. The summed E-state index contributed by atoms with van der Waals surface area (Å²) < 4.78 is 13.9. The van der Waals surface area contributed by atoms with E-state index in [1.807, 2.05) is 0 Å². The molecule has 1 heterocycles. The molecule has 1 aromatic carbocycles. The Labute approximate surface area is 102 Å². The molecule has 2 rings (SSSR count). The van der Waals surface area contributed by atoms with Crippen molar-refractivity contribution < 1.29 is 9.18 Å². The molecule has 0 saturated carbocycles. The zero-order chi connectivity index (χ0) is 13.1. The molecule has 0 fully saturated rings. The number of carbonyl (C=O) groups excluding carboxylic acids is 1. The van der Waals surface area contributed by atoms with Gasteiger partial charge in [0, 0.05) is 11.6 Å². The molecular weight excluding hydrogens is 237 g/mol. The first-order valence-electron chi connectivity index (χ1n) is 5.17. The zero-order valence-corrected chi connectivity index (χ0v) is 9.34.